The molecular weight excluding hydrogens is 300 g/mol. The Bertz CT molecular complexity index is 433. The topological polar surface area (TPSA) is 114 Å². The number of ether oxygens (including phenoxy) is 5. The van der Waals surface area contributed by atoms with Gasteiger partial charge in [0.2, 0.25) is 6.29 Å². The summed E-state index contributed by atoms with van der Waals surface area (Å²) in [6.07, 6.45) is -3.71. The zero-order valence-electron chi connectivity index (χ0n) is 12.5. The molecule has 9 heteroatoms. The van der Waals surface area contributed by atoms with Crippen LogP contribution >= 0.6 is 0 Å². The van der Waals surface area contributed by atoms with Crippen molar-refractivity contribution in [3.05, 3.63) is 0 Å². The molecule has 1 saturated heterocycles. The number of esters is 3. The molecule has 1 heterocycles. The molecule has 1 rings (SSSR count). The Morgan fingerprint density at radius 1 is 1.05 bits per heavy atom. The number of carbonyl (C=O) groups is 4. The van der Waals surface area contributed by atoms with Crippen molar-refractivity contribution in [2.24, 2.45) is 0 Å². The van der Waals surface area contributed by atoms with E-state index in [-0.39, 0.29) is 19.5 Å². The smallest absolute Gasteiger partial charge is 0.305 e. The maximum Gasteiger partial charge on any atom is 0.305 e. The number of carbonyl (C=O) groups excluding carboxylic acids is 4. The fourth-order valence-corrected chi connectivity index (χ4v) is 1.98. The van der Waals surface area contributed by atoms with Crippen LogP contribution in [0, 0.1) is 0 Å². The number of hydrogen-bond donors (Lipinski definition) is 0. The highest BCUT2D eigenvalue weighted by Crippen LogP contribution is 2.26. The fraction of sp³-hybridized carbons (Fsp3) is 0.692. The second kappa shape index (κ2) is 8.32. The van der Waals surface area contributed by atoms with E-state index in [1.54, 1.807) is 0 Å². The van der Waals surface area contributed by atoms with Crippen LogP contribution in [-0.2, 0) is 42.9 Å². The Balaban J connectivity index is 2.84. The zero-order chi connectivity index (χ0) is 16.7. The predicted octanol–water partition coefficient (Wildman–Crippen LogP) is -0.299. The number of rotatable bonds is 6. The molecule has 124 valence electrons. The quantitative estimate of drug-likeness (QED) is 0.370. The summed E-state index contributed by atoms with van der Waals surface area (Å²) in [5.41, 5.74) is 0. The highest BCUT2D eigenvalue weighted by atomic mass is 16.7. The molecule has 4 atom stereocenters. The van der Waals surface area contributed by atoms with Crippen LogP contribution in [0.2, 0.25) is 0 Å². The van der Waals surface area contributed by atoms with Crippen LogP contribution in [0.25, 0.3) is 0 Å². The van der Waals surface area contributed by atoms with Crippen LogP contribution < -0.4 is 0 Å². The molecule has 0 N–H and O–H groups in total. The van der Waals surface area contributed by atoms with Gasteiger partial charge in [-0.3, -0.25) is 19.2 Å². The fourth-order valence-electron chi connectivity index (χ4n) is 1.98. The van der Waals surface area contributed by atoms with Gasteiger partial charge < -0.3 is 23.7 Å². The summed E-state index contributed by atoms with van der Waals surface area (Å²) in [6.45, 7) is 3.57. The van der Waals surface area contributed by atoms with Crippen molar-refractivity contribution in [2.75, 3.05) is 6.61 Å². The van der Waals surface area contributed by atoms with Crippen LogP contribution in [0.1, 0.15) is 27.2 Å². The summed E-state index contributed by atoms with van der Waals surface area (Å²) in [4.78, 5) is 43.6. The van der Waals surface area contributed by atoms with E-state index >= 15 is 0 Å². The first kappa shape index (κ1) is 17.9. The lowest BCUT2D eigenvalue weighted by atomic mass is 10.0. The van der Waals surface area contributed by atoms with Gasteiger partial charge in [0.1, 0.15) is 18.8 Å². The minimum atomic E-state index is -1.17. The summed E-state index contributed by atoms with van der Waals surface area (Å²) >= 11 is 0. The molecule has 0 amide bonds. The maximum atomic E-state index is 11.1. The third-order valence-electron chi connectivity index (χ3n) is 2.77. The molecule has 0 aromatic rings. The third kappa shape index (κ3) is 5.68. The van der Waals surface area contributed by atoms with Gasteiger partial charge in [-0.15, -0.1) is 0 Å². The minimum Gasteiger partial charge on any atom is -0.463 e. The van der Waals surface area contributed by atoms with Crippen LogP contribution in [-0.4, -0.2) is 55.6 Å². The van der Waals surface area contributed by atoms with Crippen LogP contribution in [0.15, 0.2) is 0 Å². The van der Waals surface area contributed by atoms with Crippen LogP contribution in [0.4, 0.5) is 0 Å². The molecule has 1 aliphatic rings. The van der Waals surface area contributed by atoms with Crippen molar-refractivity contribution < 1.29 is 42.9 Å². The summed E-state index contributed by atoms with van der Waals surface area (Å²) < 4.78 is 25.1. The van der Waals surface area contributed by atoms with E-state index in [9.17, 15) is 19.2 Å². The normalized spacial score (nSPS) is 27.4. The summed E-state index contributed by atoms with van der Waals surface area (Å²) in [6, 6.07) is 0. The molecule has 4 unspecified atom stereocenters. The van der Waals surface area contributed by atoms with Gasteiger partial charge in [-0.05, 0) is 0 Å². The Morgan fingerprint density at radius 3 is 2.18 bits per heavy atom. The van der Waals surface area contributed by atoms with E-state index < -0.39 is 42.5 Å². The molecule has 0 aromatic carbocycles. The Labute approximate surface area is 126 Å². The second-order valence-corrected chi connectivity index (χ2v) is 4.61. The van der Waals surface area contributed by atoms with Crippen molar-refractivity contribution in [1.29, 1.82) is 0 Å². The molecule has 0 radical (unpaired) electrons. The van der Waals surface area contributed by atoms with Crippen molar-refractivity contribution in [3.8, 4) is 0 Å². The van der Waals surface area contributed by atoms with Crippen molar-refractivity contribution in [2.45, 2.75) is 51.8 Å². The van der Waals surface area contributed by atoms with Gasteiger partial charge in [0.15, 0.2) is 6.10 Å². The molecule has 1 aliphatic heterocycles. The first-order valence-corrected chi connectivity index (χ1v) is 6.55. The maximum absolute atomic E-state index is 11.1. The monoisotopic (exact) mass is 318 g/mol. The van der Waals surface area contributed by atoms with Crippen molar-refractivity contribution >= 4 is 24.4 Å². The van der Waals surface area contributed by atoms with E-state index in [1.807, 2.05) is 0 Å². The molecule has 1 fully saturated rings. The molecular formula is C13H18O9. The minimum absolute atomic E-state index is 0.0438. The molecule has 9 nitrogen and oxygen atoms in total. The van der Waals surface area contributed by atoms with Gasteiger partial charge in [-0.25, -0.2) is 0 Å². The average molecular weight is 318 g/mol. The van der Waals surface area contributed by atoms with Gasteiger partial charge in [0.05, 0.1) is 0 Å². The number of hydrogen-bond acceptors (Lipinski definition) is 9. The van der Waals surface area contributed by atoms with Crippen LogP contribution in [0.3, 0.4) is 0 Å². The summed E-state index contributed by atoms with van der Waals surface area (Å²) in [5, 5.41) is 0. The van der Waals surface area contributed by atoms with Crippen molar-refractivity contribution in [1.82, 2.24) is 0 Å². The highest BCUT2D eigenvalue weighted by molar-refractivity contribution is 5.67. The zero-order valence-corrected chi connectivity index (χ0v) is 12.5. The van der Waals surface area contributed by atoms with E-state index in [4.69, 9.17) is 23.7 Å². The second-order valence-electron chi connectivity index (χ2n) is 4.61. The average Bonchev–Trinajstić information content (AvgIpc) is 2.39. The van der Waals surface area contributed by atoms with E-state index in [2.05, 4.69) is 0 Å². The first-order valence-electron chi connectivity index (χ1n) is 6.55. The SMILES string of the molecule is CC(=O)OCC1OC(OC(C)=O)C(OC=O)CC1OC(C)=O. The Morgan fingerprint density at radius 2 is 1.68 bits per heavy atom. The summed E-state index contributed by atoms with van der Waals surface area (Å²) in [7, 11) is 0. The van der Waals surface area contributed by atoms with Gasteiger partial charge in [0.25, 0.3) is 6.47 Å². The predicted molar refractivity (Wildman–Crippen MR) is 68.2 cm³/mol. The molecule has 0 bridgehead atoms. The molecule has 0 aromatic heterocycles. The van der Waals surface area contributed by atoms with E-state index in [1.165, 1.54) is 20.8 Å². The lowest BCUT2D eigenvalue weighted by Gasteiger charge is -2.38. The molecule has 0 spiro atoms. The standard InChI is InChI=1S/C13H18O9/c1-7(15)18-5-12-10(20-8(2)16)4-11(19-6-14)13(22-12)21-9(3)17/h6,10-13H,4-5H2,1-3H3. The third-order valence-corrected chi connectivity index (χ3v) is 2.77. The first-order chi connectivity index (χ1) is 10.3. The van der Waals surface area contributed by atoms with Gasteiger partial charge in [0, 0.05) is 27.2 Å². The highest BCUT2D eigenvalue weighted by Gasteiger charge is 2.43. The van der Waals surface area contributed by atoms with Gasteiger partial charge in [-0.2, -0.15) is 0 Å². The molecule has 0 saturated carbocycles. The largest absolute Gasteiger partial charge is 0.463 e. The Kier molecular flexibility index (Phi) is 6.77. The van der Waals surface area contributed by atoms with E-state index in [0.717, 1.165) is 0 Å². The molecule has 0 aliphatic carbocycles. The van der Waals surface area contributed by atoms with Crippen molar-refractivity contribution in [3.63, 3.8) is 0 Å². The Hall–Kier alpha value is -2.16. The summed E-state index contributed by atoms with van der Waals surface area (Å²) in [5.74, 6) is -1.75. The van der Waals surface area contributed by atoms with Crippen LogP contribution in [0.5, 0.6) is 0 Å². The van der Waals surface area contributed by atoms with Gasteiger partial charge in [-0.1, -0.05) is 0 Å². The molecule has 22 heavy (non-hydrogen) atoms. The van der Waals surface area contributed by atoms with E-state index in [0.29, 0.717) is 0 Å². The lowest BCUT2D eigenvalue weighted by molar-refractivity contribution is -0.268. The lowest BCUT2D eigenvalue weighted by Crippen LogP contribution is -2.52. The van der Waals surface area contributed by atoms with Gasteiger partial charge >= 0.3 is 17.9 Å².